The van der Waals surface area contributed by atoms with E-state index in [4.69, 9.17) is 9.47 Å². The predicted octanol–water partition coefficient (Wildman–Crippen LogP) is 1.60. The molecule has 4 heterocycles. The van der Waals surface area contributed by atoms with Crippen molar-refractivity contribution in [1.82, 2.24) is 24.9 Å². The first-order valence-electron chi connectivity index (χ1n) is 8.39. The van der Waals surface area contributed by atoms with Gasteiger partial charge in [-0.3, -0.25) is 4.79 Å². The van der Waals surface area contributed by atoms with E-state index in [1.807, 2.05) is 12.3 Å². The van der Waals surface area contributed by atoms with Gasteiger partial charge < -0.3 is 14.8 Å². The molecule has 0 bridgehead atoms. The molecule has 136 valence electrons. The third kappa shape index (κ3) is 3.46. The van der Waals surface area contributed by atoms with Crippen LogP contribution >= 0.6 is 11.3 Å². The number of aryl methyl sites for hydroxylation is 1. The van der Waals surface area contributed by atoms with Crippen LogP contribution in [0.15, 0.2) is 29.4 Å². The fourth-order valence-electron chi connectivity index (χ4n) is 3.01. The molecule has 9 heteroatoms. The van der Waals surface area contributed by atoms with Crippen LogP contribution in [0.25, 0.3) is 5.65 Å². The van der Waals surface area contributed by atoms with Gasteiger partial charge in [-0.2, -0.15) is 5.10 Å². The minimum Gasteiger partial charge on any atom is -0.379 e. The van der Waals surface area contributed by atoms with Gasteiger partial charge in [0.1, 0.15) is 0 Å². The Morgan fingerprint density at radius 1 is 1.50 bits per heavy atom. The van der Waals surface area contributed by atoms with Crippen LogP contribution in [0, 0.1) is 6.92 Å². The number of nitrogens with one attached hydrogen (secondary N) is 1. The molecule has 0 spiro atoms. The van der Waals surface area contributed by atoms with E-state index in [0.717, 1.165) is 17.8 Å². The quantitative estimate of drug-likeness (QED) is 0.731. The van der Waals surface area contributed by atoms with Gasteiger partial charge in [0.15, 0.2) is 5.65 Å². The highest BCUT2D eigenvalue weighted by atomic mass is 32.1. The van der Waals surface area contributed by atoms with Crippen LogP contribution in [0.2, 0.25) is 0 Å². The van der Waals surface area contributed by atoms with E-state index in [1.54, 1.807) is 28.5 Å². The Morgan fingerprint density at radius 3 is 3.27 bits per heavy atom. The molecule has 26 heavy (non-hydrogen) atoms. The summed E-state index contributed by atoms with van der Waals surface area (Å²) in [5.74, 6) is -0.204. The average Bonchev–Trinajstić information content (AvgIpc) is 3.33. The predicted molar refractivity (Wildman–Crippen MR) is 95.1 cm³/mol. The lowest BCUT2D eigenvalue weighted by molar-refractivity contribution is -0.0611. The molecule has 1 amide bonds. The number of amides is 1. The molecular weight excluding hydrogens is 354 g/mol. The molecule has 0 aromatic carbocycles. The van der Waals surface area contributed by atoms with Crippen LogP contribution in [-0.4, -0.2) is 50.8 Å². The van der Waals surface area contributed by atoms with E-state index >= 15 is 0 Å². The van der Waals surface area contributed by atoms with E-state index in [-0.39, 0.29) is 18.1 Å². The van der Waals surface area contributed by atoms with Gasteiger partial charge in [0.2, 0.25) is 0 Å². The van der Waals surface area contributed by atoms with Gasteiger partial charge in [-0.05, 0) is 13.3 Å². The number of hydrogen-bond acceptors (Lipinski definition) is 7. The molecule has 0 aliphatic carbocycles. The van der Waals surface area contributed by atoms with Gasteiger partial charge in [0, 0.05) is 24.3 Å². The number of nitrogens with zero attached hydrogens (tertiary/aromatic N) is 4. The number of fused-ring (bicyclic) bond motifs is 1. The van der Waals surface area contributed by atoms with Crippen molar-refractivity contribution in [3.63, 3.8) is 0 Å². The lowest BCUT2D eigenvalue weighted by Crippen LogP contribution is -2.50. The van der Waals surface area contributed by atoms with Crippen molar-refractivity contribution in [2.24, 2.45) is 0 Å². The zero-order valence-corrected chi connectivity index (χ0v) is 15.1. The molecule has 3 aromatic rings. The molecular formula is C17H19N5O3S. The molecule has 1 fully saturated rings. The third-order valence-electron chi connectivity index (χ3n) is 4.44. The summed E-state index contributed by atoms with van der Waals surface area (Å²) in [5.41, 5.74) is 4.63. The summed E-state index contributed by atoms with van der Waals surface area (Å²) in [5, 5.41) is 9.18. The molecule has 3 aromatic heterocycles. The average molecular weight is 373 g/mol. The molecule has 1 aliphatic rings. The normalized spacial score (nSPS) is 20.3. The Bertz CT molecular complexity index is 895. The monoisotopic (exact) mass is 373 g/mol. The summed E-state index contributed by atoms with van der Waals surface area (Å²) in [6, 6.07) is 1.58. The van der Waals surface area contributed by atoms with Crippen molar-refractivity contribution in [3.8, 4) is 0 Å². The van der Waals surface area contributed by atoms with Crippen molar-refractivity contribution in [1.29, 1.82) is 0 Å². The van der Waals surface area contributed by atoms with E-state index in [1.165, 1.54) is 11.3 Å². The zero-order valence-electron chi connectivity index (χ0n) is 14.3. The van der Waals surface area contributed by atoms with E-state index in [2.05, 4.69) is 20.4 Å². The Kier molecular flexibility index (Phi) is 4.91. The molecule has 2 atom stereocenters. The second-order valence-corrected chi connectivity index (χ2v) is 6.85. The smallest absolute Gasteiger partial charge is 0.255 e. The number of ether oxygens (including phenoxy) is 2. The number of rotatable bonds is 5. The number of carbonyl (C=O) groups is 1. The highest BCUT2D eigenvalue weighted by Crippen LogP contribution is 2.16. The number of aromatic nitrogens is 4. The molecule has 0 unspecified atom stereocenters. The standard InChI is InChI=1S/C17H19N5O3S/c1-11-13(6-18-16-2-4-20-22(11)16)17(23)21-14-8-24-5-3-15(14)25-7-12-9-26-10-19-12/h2,4,6,9-10,14-15H,3,5,7-8H2,1H3,(H,21,23)/t14-,15+/m1/s1. The lowest BCUT2D eigenvalue weighted by atomic mass is 10.1. The van der Waals surface area contributed by atoms with E-state index in [0.29, 0.717) is 31.0 Å². The molecule has 8 nitrogen and oxygen atoms in total. The van der Waals surface area contributed by atoms with Crippen LogP contribution < -0.4 is 5.32 Å². The maximum Gasteiger partial charge on any atom is 0.255 e. The zero-order chi connectivity index (χ0) is 17.9. The lowest BCUT2D eigenvalue weighted by Gasteiger charge is -2.32. The fourth-order valence-corrected chi connectivity index (χ4v) is 3.56. The molecule has 0 saturated carbocycles. The minimum atomic E-state index is -0.220. The largest absolute Gasteiger partial charge is 0.379 e. The Labute approximate surface area is 154 Å². The van der Waals surface area contributed by atoms with Crippen LogP contribution in [0.1, 0.15) is 28.2 Å². The first-order valence-corrected chi connectivity index (χ1v) is 9.33. The Morgan fingerprint density at radius 2 is 2.42 bits per heavy atom. The maximum absolute atomic E-state index is 12.8. The van der Waals surface area contributed by atoms with Crippen molar-refractivity contribution in [2.45, 2.75) is 32.1 Å². The first kappa shape index (κ1) is 17.1. The van der Waals surface area contributed by atoms with Gasteiger partial charge in [-0.15, -0.1) is 11.3 Å². The summed E-state index contributed by atoms with van der Waals surface area (Å²) in [7, 11) is 0. The number of carbonyl (C=O) groups excluding carboxylic acids is 1. The van der Waals surface area contributed by atoms with Gasteiger partial charge in [0.25, 0.3) is 5.91 Å². The van der Waals surface area contributed by atoms with Crippen molar-refractivity contribution in [2.75, 3.05) is 13.2 Å². The second kappa shape index (κ2) is 7.48. The minimum absolute atomic E-state index is 0.115. The first-order chi connectivity index (χ1) is 12.7. The third-order valence-corrected chi connectivity index (χ3v) is 5.07. The number of thiazole rings is 1. The van der Waals surface area contributed by atoms with Crippen molar-refractivity contribution < 1.29 is 14.3 Å². The molecule has 4 rings (SSSR count). The summed E-state index contributed by atoms with van der Waals surface area (Å²) in [6.07, 6.45) is 3.85. The molecule has 1 N–H and O–H groups in total. The number of hydrogen-bond donors (Lipinski definition) is 1. The Balaban J connectivity index is 1.46. The van der Waals surface area contributed by atoms with Crippen LogP contribution in [0.4, 0.5) is 0 Å². The summed E-state index contributed by atoms with van der Waals surface area (Å²) in [4.78, 5) is 21.3. The van der Waals surface area contributed by atoms with E-state index < -0.39 is 0 Å². The second-order valence-electron chi connectivity index (χ2n) is 6.13. The Hall–Kier alpha value is -2.36. The SMILES string of the molecule is Cc1c(C(=O)N[C@@H]2COCC[C@@H]2OCc2cscn2)cnc2ccnn12. The maximum atomic E-state index is 12.8. The van der Waals surface area contributed by atoms with Gasteiger partial charge in [-0.25, -0.2) is 14.5 Å². The fraction of sp³-hybridized carbons (Fsp3) is 0.412. The van der Waals surface area contributed by atoms with Crippen molar-refractivity contribution >= 4 is 22.9 Å². The van der Waals surface area contributed by atoms with Gasteiger partial charge in [-0.1, -0.05) is 0 Å². The summed E-state index contributed by atoms with van der Waals surface area (Å²) >= 11 is 1.54. The van der Waals surface area contributed by atoms with Gasteiger partial charge in [0.05, 0.1) is 54.0 Å². The van der Waals surface area contributed by atoms with Crippen LogP contribution in [0.3, 0.4) is 0 Å². The van der Waals surface area contributed by atoms with Crippen LogP contribution in [-0.2, 0) is 16.1 Å². The summed E-state index contributed by atoms with van der Waals surface area (Å²) in [6.45, 7) is 3.32. The van der Waals surface area contributed by atoms with E-state index in [9.17, 15) is 4.79 Å². The highest BCUT2D eigenvalue weighted by molar-refractivity contribution is 7.07. The van der Waals surface area contributed by atoms with Crippen LogP contribution in [0.5, 0.6) is 0 Å². The molecule has 1 aliphatic heterocycles. The molecule has 0 radical (unpaired) electrons. The van der Waals surface area contributed by atoms with Crippen molar-refractivity contribution in [3.05, 3.63) is 46.3 Å². The topological polar surface area (TPSA) is 90.6 Å². The summed E-state index contributed by atoms with van der Waals surface area (Å²) < 4.78 is 13.2. The van der Waals surface area contributed by atoms with Gasteiger partial charge >= 0.3 is 0 Å². The highest BCUT2D eigenvalue weighted by Gasteiger charge is 2.29. The molecule has 1 saturated heterocycles.